The zero-order valence-corrected chi connectivity index (χ0v) is 22.3. The molecule has 2 heterocycles. The van der Waals surface area contributed by atoms with E-state index in [-0.39, 0.29) is 29.6 Å². The molecule has 6 heteroatoms. The van der Waals surface area contributed by atoms with Crippen molar-refractivity contribution in [1.29, 1.82) is 0 Å². The number of quaternary nitrogens is 1. The fourth-order valence-electron chi connectivity index (χ4n) is 10.5. The molecule has 6 aliphatic rings. The van der Waals surface area contributed by atoms with Crippen LogP contribution in [-0.4, -0.2) is 79.7 Å². The number of aliphatic hydroxyl groups excluding tert-OH is 1. The van der Waals surface area contributed by atoms with E-state index < -0.39 is 0 Å². The fourth-order valence-corrected chi connectivity index (χ4v) is 10.5. The summed E-state index contributed by atoms with van der Waals surface area (Å²) in [7, 11) is 0. The van der Waals surface area contributed by atoms with Gasteiger partial charge in [-0.3, -0.25) is 9.69 Å². The number of nitrogens with zero attached hydrogens (tertiary/aromatic N) is 1. The molecule has 0 aromatic carbocycles. The van der Waals surface area contributed by atoms with E-state index in [1.54, 1.807) is 11.8 Å². The number of morpholine rings is 1. The SMILES string of the molecule is CC(=O)O[C@H]1[C@@H]([NH+]2CCCC2)CC2C3CCC4C[C@H](O)[C@@H](N5CCOCC5)C[C@]4(C)C3CC[C@@]21C. The average Bonchev–Trinajstić information content (AvgIpc) is 3.46. The van der Waals surface area contributed by atoms with Crippen LogP contribution in [0.2, 0.25) is 0 Å². The molecule has 4 aliphatic carbocycles. The first kappa shape index (κ1) is 24.6. The zero-order chi connectivity index (χ0) is 24.4. The Morgan fingerprint density at radius 3 is 2.49 bits per heavy atom. The van der Waals surface area contributed by atoms with E-state index in [1.807, 2.05) is 0 Å². The highest BCUT2D eigenvalue weighted by Gasteiger charge is 2.66. The van der Waals surface area contributed by atoms with E-state index in [1.165, 1.54) is 58.0 Å². The van der Waals surface area contributed by atoms with Gasteiger partial charge < -0.3 is 19.5 Å². The maximum Gasteiger partial charge on any atom is 0.303 e. The molecular weight excluding hydrogens is 440 g/mol. The van der Waals surface area contributed by atoms with Crippen molar-refractivity contribution in [3.8, 4) is 0 Å². The number of hydrogen-bond donors (Lipinski definition) is 2. The highest BCUT2D eigenvalue weighted by Crippen LogP contribution is 2.66. The summed E-state index contributed by atoms with van der Waals surface area (Å²) in [5, 5.41) is 11.2. The minimum atomic E-state index is -0.195. The number of carbonyl (C=O) groups is 1. The van der Waals surface area contributed by atoms with Crippen LogP contribution >= 0.6 is 0 Å². The number of ether oxygens (including phenoxy) is 2. The van der Waals surface area contributed by atoms with Crippen LogP contribution in [0.5, 0.6) is 0 Å². The Kier molecular flexibility index (Phi) is 6.51. The first-order valence-electron chi connectivity index (χ1n) is 14.8. The number of fused-ring (bicyclic) bond motifs is 5. The Morgan fingerprint density at radius 1 is 1.03 bits per heavy atom. The topological polar surface area (TPSA) is 63.4 Å². The average molecular weight is 490 g/mol. The van der Waals surface area contributed by atoms with Crippen LogP contribution in [0.1, 0.15) is 78.6 Å². The minimum absolute atomic E-state index is 0.0823. The van der Waals surface area contributed by atoms with Crippen LogP contribution in [0, 0.1) is 34.5 Å². The first-order chi connectivity index (χ1) is 16.8. The molecule has 0 aromatic heterocycles. The van der Waals surface area contributed by atoms with Crippen molar-refractivity contribution >= 4 is 5.97 Å². The lowest BCUT2D eigenvalue weighted by Crippen LogP contribution is -3.15. The molecule has 0 aromatic rings. The summed E-state index contributed by atoms with van der Waals surface area (Å²) in [6.45, 7) is 12.7. The predicted octanol–water partition coefficient (Wildman–Crippen LogP) is 2.29. The van der Waals surface area contributed by atoms with Crippen LogP contribution in [-0.2, 0) is 14.3 Å². The normalized spacial score (nSPS) is 50.9. The molecule has 0 radical (unpaired) electrons. The number of esters is 1. The van der Waals surface area contributed by atoms with Gasteiger partial charge in [0.25, 0.3) is 0 Å². The summed E-state index contributed by atoms with van der Waals surface area (Å²) in [6.07, 6.45) is 10.9. The van der Waals surface area contributed by atoms with Gasteiger partial charge in [-0.1, -0.05) is 13.8 Å². The number of rotatable bonds is 3. The van der Waals surface area contributed by atoms with Gasteiger partial charge in [0.1, 0.15) is 6.04 Å². The monoisotopic (exact) mass is 489 g/mol. The van der Waals surface area contributed by atoms with Crippen LogP contribution in [0.3, 0.4) is 0 Å². The molecule has 6 nitrogen and oxygen atoms in total. The second kappa shape index (κ2) is 9.25. The number of carbonyl (C=O) groups excluding carboxylic acids is 1. The number of aliphatic hydroxyl groups is 1. The lowest BCUT2D eigenvalue weighted by molar-refractivity contribution is -0.916. The molecule has 2 saturated heterocycles. The second-order valence-electron chi connectivity index (χ2n) is 13.7. The number of nitrogens with one attached hydrogen (secondary N) is 1. The third kappa shape index (κ3) is 4.00. The molecule has 35 heavy (non-hydrogen) atoms. The predicted molar refractivity (Wildman–Crippen MR) is 134 cm³/mol. The first-order valence-corrected chi connectivity index (χ1v) is 14.8. The quantitative estimate of drug-likeness (QED) is 0.596. The summed E-state index contributed by atoms with van der Waals surface area (Å²) in [5.41, 5.74) is 0.427. The molecule has 6 rings (SSSR count). The third-order valence-corrected chi connectivity index (χ3v) is 12.2. The molecule has 0 bridgehead atoms. The van der Waals surface area contributed by atoms with Gasteiger partial charge in [0.15, 0.2) is 6.10 Å². The van der Waals surface area contributed by atoms with Gasteiger partial charge in [-0.15, -0.1) is 0 Å². The fraction of sp³-hybridized carbons (Fsp3) is 0.966. The van der Waals surface area contributed by atoms with Crippen LogP contribution in [0.4, 0.5) is 0 Å². The van der Waals surface area contributed by atoms with Crippen molar-refractivity contribution in [1.82, 2.24) is 4.90 Å². The molecule has 0 amide bonds. The molecule has 4 unspecified atom stereocenters. The van der Waals surface area contributed by atoms with E-state index in [0.29, 0.717) is 23.3 Å². The van der Waals surface area contributed by atoms with Gasteiger partial charge >= 0.3 is 5.97 Å². The molecule has 2 N–H and O–H groups in total. The summed E-state index contributed by atoms with van der Waals surface area (Å²) in [5.74, 6) is 2.69. The molecular formula is C29H49N2O4+. The Bertz CT molecular complexity index is 796. The summed E-state index contributed by atoms with van der Waals surface area (Å²) < 4.78 is 11.8. The highest BCUT2D eigenvalue weighted by atomic mass is 16.5. The Balaban J connectivity index is 1.27. The highest BCUT2D eigenvalue weighted by molar-refractivity contribution is 5.66. The van der Waals surface area contributed by atoms with Crippen molar-refractivity contribution in [3.63, 3.8) is 0 Å². The van der Waals surface area contributed by atoms with Crippen molar-refractivity contribution in [2.24, 2.45) is 34.5 Å². The Hall–Kier alpha value is -0.690. The van der Waals surface area contributed by atoms with Crippen LogP contribution in [0.25, 0.3) is 0 Å². The number of likely N-dealkylation sites (tertiary alicyclic amines) is 1. The molecule has 198 valence electrons. The second-order valence-corrected chi connectivity index (χ2v) is 13.7. The van der Waals surface area contributed by atoms with Gasteiger partial charge in [-0.2, -0.15) is 0 Å². The Morgan fingerprint density at radius 2 is 1.77 bits per heavy atom. The summed E-state index contributed by atoms with van der Waals surface area (Å²) >= 11 is 0. The lowest BCUT2D eigenvalue weighted by Gasteiger charge is -2.62. The minimum Gasteiger partial charge on any atom is -0.456 e. The molecule has 10 atom stereocenters. The maximum absolute atomic E-state index is 12.2. The number of hydrogen-bond acceptors (Lipinski definition) is 5. The van der Waals surface area contributed by atoms with Gasteiger partial charge in [0.2, 0.25) is 0 Å². The van der Waals surface area contributed by atoms with Gasteiger partial charge in [-0.05, 0) is 67.6 Å². The molecule has 0 spiro atoms. The maximum atomic E-state index is 12.2. The van der Waals surface area contributed by atoms with E-state index in [0.717, 1.165) is 51.0 Å². The van der Waals surface area contributed by atoms with Gasteiger partial charge in [0.05, 0.1) is 32.4 Å². The van der Waals surface area contributed by atoms with Crippen LogP contribution < -0.4 is 4.90 Å². The zero-order valence-electron chi connectivity index (χ0n) is 22.3. The van der Waals surface area contributed by atoms with E-state index >= 15 is 0 Å². The van der Waals surface area contributed by atoms with Gasteiger partial charge in [0, 0.05) is 50.7 Å². The van der Waals surface area contributed by atoms with Gasteiger partial charge in [-0.25, -0.2) is 0 Å². The van der Waals surface area contributed by atoms with Crippen molar-refractivity contribution in [2.75, 3.05) is 39.4 Å². The van der Waals surface area contributed by atoms with Crippen LogP contribution in [0.15, 0.2) is 0 Å². The van der Waals surface area contributed by atoms with Crippen molar-refractivity contribution in [2.45, 2.75) is 103 Å². The summed E-state index contributed by atoms with van der Waals surface area (Å²) in [6, 6.07) is 0.765. The standard InChI is InChI=1S/C29H48N2O4/c1-19(32)35-27-24(30-10-4-5-11-30)17-23-21-7-6-20-16-26(33)25(31-12-14-34-15-13-31)18-29(20,3)22(21)8-9-28(23,27)2/h20-27,33H,4-18H2,1-3H3/p+1/t20?,21?,22?,23?,24-,25-,26-,27-,28-,29-/m0/s1. The smallest absolute Gasteiger partial charge is 0.303 e. The van der Waals surface area contributed by atoms with E-state index in [4.69, 9.17) is 9.47 Å². The lowest BCUT2D eigenvalue weighted by atomic mass is 9.44. The molecule has 2 aliphatic heterocycles. The Labute approximate surface area is 212 Å². The van der Waals surface area contributed by atoms with E-state index in [2.05, 4.69) is 18.7 Å². The molecule has 6 fully saturated rings. The largest absolute Gasteiger partial charge is 0.456 e. The van der Waals surface area contributed by atoms with Crippen molar-refractivity contribution < 1.29 is 24.3 Å². The molecule has 4 saturated carbocycles. The van der Waals surface area contributed by atoms with Crippen molar-refractivity contribution in [3.05, 3.63) is 0 Å². The summed E-state index contributed by atoms with van der Waals surface area (Å²) in [4.78, 5) is 16.5. The van der Waals surface area contributed by atoms with E-state index in [9.17, 15) is 9.90 Å². The third-order valence-electron chi connectivity index (χ3n) is 12.2.